The van der Waals surface area contributed by atoms with Crippen LogP contribution in [0, 0.1) is 17.8 Å². The van der Waals surface area contributed by atoms with Crippen LogP contribution < -0.4 is 10.6 Å². The minimum absolute atomic E-state index is 0.0189. The molecule has 4 bridgehead atoms. The van der Waals surface area contributed by atoms with Gasteiger partial charge in [0.25, 0.3) is 0 Å². The Morgan fingerprint density at radius 3 is 2.20 bits per heavy atom. The first-order chi connectivity index (χ1) is 26.2. The number of ether oxygens (including phenoxy) is 2. The fourth-order valence-electron chi connectivity index (χ4n) is 10.0. The number of hydrogen-bond donors (Lipinski definition) is 5. The van der Waals surface area contributed by atoms with Crippen molar-refractivity contribution in [2.45, 2.75) is 88.2 Å². The van der Waals surface area contributed by atoms with E-state index >= 15 is 0 Å². The quantitative estimate of drug-likeness (QED) is 0.102. The smallest absolute Gasteiger partial charge is 0.315 e. The molecule has 0 spiro atoms. The summed E-state index contributed by atoms with van der Waals surface area (Å²) in [6, 6.07) is 31.1. The Kier molecular flexibility index (Phi) is 10.8. The maximum Gasteiger partial charge on any atom is 0.315 e. The van der Waals surface area contributed by atoms with Gasteiger partial charge < -0.3 is 40.3 Å². The maximum atomic E-state index is 13.2. The molecule has 2 amide bonds. The first-order valence-corrected chi connectivity index (χ1v) is 19.6. The minimum atomic E-state index is -0.765. The standard InChI is InChI=1S/C45H53N3O6/c1-48(27-41(51)37-8-4-10-39(50)20-37)26-40-21-42(34-13-11-29(28-49)12-14-34)54-43(53-40)38-9-3-7-36(19-38)35-6-2-5-30(18-35)25-46-44(52)47-45-22-31-15-32(23-45)17-33(16-31)24-45/h2-14,18-20,31-33,40-43,49-51H,15-17,21-28H2,1H3,(H2,46,47,52)/t31?,32?,33?,40-,41-,42+,43+,45?/m1/s1. The number of urea groups is 1. The van der Waals surface area contributed by atoms with E-state index in [0.717, 1.165) is 70.4 Å². The molecule has 0 radical (unpaired) electrons. The number of carbonyl (C=O) groups excluding carboxylic acids is 1. The summed E-state index contributed by atoms with van der Waals surface area (Å²) in [5.74, 6) is 2.46. The van der Waals surface area contributed by atoms with Crippen LogP contribution in [0.2, 0.25) is 0 Å². The molecule has 1 aliphatic heterocycles. The number of nitrogens with zero attached hydrogens (tertiary/aromatic N) is 1. The van der Waals surface area contributed by atoms with Crippen LogP contribution in [-0.4, -0.2) is 58.0 Å². The number of likely N-dealkylation sites (N-methyl/N-ethyl adjacent to an activating group) is 1. The summed E-state index contributed by atoms with van der Waals surface area (Å²) in [6.45, 7) is 1.36. The van der Waals surface area contributed by atoms with E-state index < -0.39 is 12.4 Å². The topological polar surface area (TPSA) is 124 Å². The number of benzene rings is 4. The van der Waals surface area contributed by atoms with E-state index in [1.807, 2.05) is 60.5 Å². The van der Waals surface area contributed by atoms with E-state index in [2.05, 4.69) is 41.0 Å². The second kappa shape index (κ2) is 15.8. The van der Waals surface area contributed by atoms with E-state index in [-0.39, 0.29) is 36.1 Å². The van der Waals surface area contributed by atoms with Crippen molar-refractivity contribution < 1.29 is 29.6 Å². The Morgan fingerprint density at radius 2 is 1.50 bits per heavy atom. The van der Waals surface area contributed by atoms with Gasteiger partial charge in [-0.05, 0) is 121 Å². The fraction of sp³-hybridized carbons (Fsp3) is 0.444. The van der Waals surface area contributed by atoms with E-state index in [1.54, 1.807) is 18.2 Å². The maximum absolute atomic E-state index is 13.2. The molecule has 9 nitrogen and oxygen atoms in total. The van der Waals surface area contributed by atoms with Crippen molar-refractivity contribution in [3.05, 3.63) is 125 Å². The van der Waals surface area contributed by atoms with Gasteiger partial charge in [0.05, 0.1) is 24.9 Å². The number of phenolic OH excluding ortho intramolecular Hbond substituents is 1. The van der Waals surface area contributed by atoms with Crippen LogP contribution >= 0.6 is 0 Å². The van der Waals surface area contributed by atoms with Crippen molar-refractivity contribution in [2.24, 2.45) is 17.8 Å². The van der Waals surface area contributed by atoms with Gasteiger partial charge in [0, 0.05) is 37.2 Å². The molecular weight excluding hydrogens is 679 g/mol. The van der Waals surface area contributed by atoms with Crippen molar-refractivity contribution in [3.63, 3.8) is 0 Å². The molecule has 1 saturated heterocycles. The zero-order valence-corrected chi connectivity index (χ0v) is 31.1. The van der Waals surface area contributed by atoms with E-state index in [9.17, 15) is 20.1 Å². The van der Waals surface area contributed by atoms with Crippen molar-refractivity contribution in [2.75, 3.05) is 20.1 Å². The second-order valence-corrected chi connectivity index (χ2v) is 16.5. The lowest BCUT2D eigenvalue weighted by molar-refractivity contribution is -0.252. The zero-order valence-electron chi connectivity index (χ0n) is 31.1. The molecule has 54 heavy (non-hydrogen) atoms. The summed E-state index contributed by atoms with van der Waals surface area (Å²) < 4.78 is 13.3. The highest BCUT2D eigenvalue weighted by Crippen LogP contribution is 2.55. The van der Waals surface area contributed by atoms with Gasteiger partial charge in [0.2, 0.25) is 0 Å². The summed E-state index contributed by atoms with van der Waals surface area (Å²) in [4.78, 5) is 15.2. The molecule has 5 fully saturated rings. The number of aliphatic hydroxyl groups is 2. The molecule has 4 aromatic carbocycles. The Morgan fingerprint density at radius 1 is 0.815 bits per heavy atom. The first kappa shape index (κ1) is 36.7. The van der Waals surface area contributed by atoms with E-state index in [4.69, 9.17) is 9.47 Å². The third-order valence-corrected chi connectivity index (χ3v) is 12.2. The summed E-state index contributed by atoms with van der Waals surface area (Å²) in [5, 5.41) is 37.0. The van der Waals surface area contributed by atoms with Gasteiger partial charge in [-0.1, -0.05) is 72.8 Å². The first-order valence-electron chi connectivity index (χ1n) is 19.6. The summed E-state index contributed by atoms with van der Waals surface area (Å²) in [7, 11) is 1.96. The fourth-order valence-corrected chi connectivity index (χ4v) is 10.0. The predicted molar refractivity (Wildman–Crippen MR) is 207 cm³/mol. The molecule has 0 aromatic heterocycles. The van der Waals surface area contributed by atoms with Gasteiger partial charge in [-0.15, -0.1) is 0 Å². The second-order valence-electron chi connectivity index (χ2n) is 16.5. The van der Waals surface area contributed by atoms with Crippen LogP contribution in [0.4, 0.5) is 4.79 Å². The monoisotopic (exact) mass is 731 g/mol. The van der Waals surface area contributed by atoms with Gasteiger partial charge in [-0.2, -0.15) is 0 Å². The number of rotatable bonds is 12. The van der Waals surface area contributed by atoms with Crippen molar-refractivity contribution >= 4 is 6.03 Å². The minimum Gasteiger partial charge on any atom is -0.508 e. The molecule has 1 heterocycles. The predicted octanol–water partition coefficient (Wildman–Crippen LogP) is 7.53. The lowest BCUT2D eigenvalue weighted by atomic mass is 9.53. The average molecular weight is 732 g/mol. The average Bonchev–Trinajstić information content (AvgIpc) is 3.16. The van der Waals surface area contributed by atoms with Crippen molar-refractivity contribution in [1.29, 1.82) is 0 Å². The molecule has 9 rings (SSSR count). The summed E-state index contributed by atoms with van der Waals surface area (Å²) in [5.41, 5.74) is 6.49. The molecule has 4 saturated carbocycles. The number of amides is 2. The lowest BCUT2D eigenvalue weighted by Crippen LogP contribution is -2.61. The lowest BCUT2D eigenvalue weighted by Gasteiger charge is -2.56. The van der Waals surface area contributed by atoms with Crippen LogP contribution in [0.5, 0.6) is 5.75 Å². The number of aliphatic hydroxyl groups excluding tert-OH is 2. The Labute approximate surface area is 318 Å². The Balaban J connectivity index is 0.946. The van der Waals surface area contributed by atoms with Gasteiger partial charge in [0.15, 0.2) is 6.29 Å². The molecule has 4 aromatic rings. The van der Waals surface area contributed by atoms with Crippen molar-refractivity contribution in [3.8, 4) is 16.9 Å². The highest BCUT2D eigenvalue weighted by Gasteiger charge is 2.51. The molecular formula is C45H53N3O6. The van der Waals surface area contributed by atoms with Crippen LogP contribution in [0.1, 0.15) is 91.3 Å². The number of nitrogens with one attached hydrogen (secondary N) is 2. The van der Waals surface area contributed by atoms with E-state index in [0.29, 0.717) is 31.6 Å². The summed E-state index contributed by atoms with van der Waals surface area (Å²) in [6.07, 6.45) is 6.21. The zero-order chi connectivity index (χ0) is 37.2. The molecule has 9 heteroatoms. The van der Waals surface area contributed by atoms with E-state index in [1.165, 1.54) is 19.3 Å². The van der Waals surface area contributed by atoms with Gasteiger partial charge >= 0.3 is 6.03 Å². The molecule has 4 atom stereocenters. The van der Waals surface area contributed by atoms with Crippen LogP contribution in [0.15, 0.2) is 97.1 Å². The Hall–Kier alpha value is -4.25. The summed E-state index contributed by atoms with van der Waals surface area (Å²) >= 11 is 0. The van der Waals surface area contributed by atoms with Crippen LogP contribution in [0.3, 0.4) is 0 Å². The number of aromatic hydroxyl groups is 1. The third kappa shape index (κ3) is 8.51. The highest BCUT2D eigenvalue weighted by molar-refractivity contribution is 5.75. The molecule has 284 valence electrons. The number of carbonyl (C=O) groups is 1. The molecule has 5 aliphatic rings. The van der Waals surface area contributed by atoms with Gasteiger partial charge in [-0.25, -0.2) is 4.79 Å². The van der Waals surface area contributed by atoms with Gasteiger partial charge in [-0.3, -0.25) is 0 Å². The normalized spacial score (nSPS) is 27.9. The Bertz CT molecular complexity index is 1880. The largest absolute Gasteiger partial charge is 0.508 e. The molecule has 4 aliphatic carbocycles. The van der Waals surface area contributed by atoms with Crippen molar-refractivity contribution in [1.82, 2.24) is 15.5 Å². The third-order valence-electron chi connectivity index (χ3n) is 12.2. The van der Waals surface area contributed by atoms with Crippen LogP contribution in [-0.2, 0) is 22.6 Å². The molecule has 0 unspecified atom stereocenters. The highest BCUT2D eigenvalue weighted by atomic mass is 16.7. The molecule has 5 N–H and O–H groups in total. The SMILES string of the molecule is CN(C[C@H]1C[C@@H](c2ccc(CO)cc2)O[C@@H](c2cccc(-c3cccc(CNC(=O)NC45CC6CC(CC(C6)C4)C5)c3)c2)O1)C[C@@H](O)c1cccc(O)c1. The number of hydrogen-bond acceptors (Lipinski definition) is 7. The number of phenols is 1. The van der Waals surface area contributed by atoms with Gasteiger partial charge in [0.1, 0.15) is 5.75 Å². The van der Waals surface area contributed by atoms with Crippen LogP contribution in [0.25, 0.3) is 11.1 Å².